The molecule has 0 rings (SSSR count). The minimum absolute atomic E-state index is 0.0134. The Morgan fingerprint density at radius 1 is 1.50 bits per heavy atom. The van der Waals surface area contributed by atoms with Crippen molar-refractivity contribution in [1.82, 2.24) is 4.90 Å². The summed E-state index contributed by atoms with van der Waals surface area (Å²) in [4.78, 5) is 12.0. The molecule has 0 unspecified atom stereocenters. The van der Waals surface area contributed by atoms with Gasteiger partial charge in [-0.15, -0.1) is 0 Å². The van der Waals surface area contributed by atoms with Crippen molar-refractivity contribution in [1.29, 1.82) is 0 Å². The van der Waals surface area contributed by atoms with Gasteiger partial charge in [0.05, 0.1) is 12.1 Å². The van der Waals surface area contributed by atoms with E-state index in [4.69, 9.17) is 5.11 Å². The molecule has 0 aliphatic rings. The predicted molar refractivity (Wildman–Crippen MR) is 46.0 cm³/mol. The van der Waals surface area contributed by atoms with Crippen molar-refractivity contribution in [2.45, 2.75) is 26.4 Å². The van der Waals surface area contributed by atoms with Gasteiger partial charge in [0.25, 0.3) is 0 Å². The summed E-state index contributed by atoms with van der Waals surface area (Å²) in [5.74, 6) is -0.860. The van der Waals surface area contributed by atoms with Gasteiger partial charge in [-0.2, -0.15) is 0 Å². The fourth-order valence-electron chi connectivity index (χ4n) is 1.02. The van der Waals surface area contributed by atoms with Gasteiger partial charge >= 0.3 is 5.97 Å². The highest BCUT2D eigenvalue weighted by Gasteiger charge is 2.18. The molecule has 0 aliphatic heterocycles. The fraction of sp³-hybridized carbons (Fsp3) is 0.875. The maximum atomic E-state index is 10.3. The molecule has 0 aromatic carbocycles. The Morgan fingerprint density at radius 3 is 2.25 bits per heavy atom. The fourth-order valence-corrected chi connectivity index (χ4v) is 1.02. The monoisotopic (exact) mass is 175 g/mol. The van der Waals surface area contributed by atoms with Crippen molar-refractivity contribution in [2.75, 3.05) is 19.6 Å². The van der Waals surface area contributed by atoms with Crippen LogP contribution in [0.25, 0.3) is 0 Å². The van der Waals surface area contributed by atoms with Crippen LogP contribution in [-0.4, -0.2) is 46.3 Å². The Balaban J connectivity index is 3.92. The Labute approximate surface area is 72.8 Å². The predicted octanol–water partition coefficient (Wildman–Crippen LogP) is 0.164. The minimum Gasteiger partial charge on any atom is -0.480 e. The van der Waals surface area contributed by atoms with Crippen molar-refractivity contribution >= 4 is 5.97 Å². The van der Waals surface area contributed by atoms with Gasteiger partial charge in [0.1, 0.15) is 0 Å². The van der Waals surface area contributed by atoms with Gasteiger partial charge in [-0.3, -0.25) is 9.69 Å². The molecule has 0 amide bonds. The first kappa shape index (κ1) is 11.4. The minimum atomic E-state index is -0.860. The molecular weight excluding hydrogens is 158 g/mol. The van der Waals surface area contributed by atoms with Crippen LogP contribution in [0.1, 0.15) is 20.8 Å². The molecule has 0 saturated heterocycles. The normalized spacial score (nSPS) is 12.1. The van der Waals surface area contributed by atoms with E-state index in [1.54, 1.807) is 18.7 Å². The maximum Gasteiger partial charge on any atom is 0.317 e. The summed E-state index contributed by atoms with van der Waals surface area (Å²) < 4.78 is 0. The first-order valence-corrected chi connectivity index (χ1v) is 4.01. The summed E-state index contributed by atoms with van der Waals surface area (Å²) in [7, 11) is 0. The number of aliphatic hydroxyl groups is 1. The van der Waals surface area contributed by atoms with Gasteiger partial charge in [0.15, 0.2) is 0 Å². The third kappa shape index (κ3) is 6.12. The first-order chi connectivity index (χ1) is 5.35. The second-order valence-corrected chi connectivity index (χ2v) is 3.51. The Kier molecular flexibility index (Phi) is 4.20. The van der Waals surface area contributed by atoms with Crippen LogP contribution >= 0.6 is 0 Å². The van der Waals surface area contributed by atoms with Crippen molar-refractivity contribution in [3.8, 4) is 0 Å². The number of likely N-dealkylation sites (N-methyl/N-ethyl adjacent to an activating group) is 1. The number of carbonyl (C=O) groups is 1. The summed E-state index contributed by atoms with van der Waals surface area (Å²) in [6, 6.07) is 0. The molecule has 0 radical (unpaired) electrons. The molecule has 0 aromatic rings. The topological polar surface area (TPSA) is 60.8 Å². The molecule has 0 fully saturated rings. The average Bonchev–Trinajstić information content (AvgIpc) is 1.82. The van der Waals surface area contributed by atoms with Gasteiger partial charge < -0.3 is 10.2 Å². The zero-order valence-corrected chi connectivity index (χ0v) is 7.87. The molecule has 2 N–H and O–H groups in total. The zero-order valence-electron chi connectivity index (χ0n) is 7.87. The van der Waals surface area contributed by atoms with E-state index < -0.39 is 11.6 Å². The van der Waals surface area contributed by atoms with Crippen LogP contribution in [0.5, 0.6) is 0 Å². The first-order valence-electron chi connectivity index (χ1n) is 4.01. The number of hydrogen-bond donors (Lipinski definition) is 2. The smallest absolute Gasteiger partial charge is 0.317 e. The molecule has 72 valence electrons. The van der Waals surface area contributed by atoms with E-state index in [1.165, 1.54) is 0 Å². The van der Waals surface area contributed by atoms with Gasteiger partial charge in [-0.25, -0.2) is 0 Å². The molecule has 4 heteroatoms. The lowest BCUT2D eigenvalue weighted by Crippen LogP contribution is -2.41. The number of hydrogen-bond acceptors (Lipinski definition) is 3. The van der Waals surface area contributed by atoms with Crippen molar-refractivity contribution < 1.29 is 15.0 Å². The second kappa shape index (κ2) is 4.42. The SMILES string of the molecule is CCN(CC(=O)O)CC(C)(C)O. The lowest BCUT2D eigenvalue weighted by Gasteiger charge is -2.26. The molecule has 0 heterocycles. The van der Waals surface area contributed by atoms with Crippen LogP contribution in [-0.2, 0) is 4.79 Å². The van der Waals surface area contributed by atoms with E-state index in [0.717, 1.165) is 0 Å². The van der Waals surface area contributed by atoms with Gasteiger partial charge in [0, 0.05) is 6.54 Å². The summed E-state index contributed by atoms with van der Waals surface area (Å²) in [5.41, 5.74) is -0.828. The van der Waals surface area contributed by atoms with Gasteiger partial charge in [-0.05, 0) is 20.4 Å². The van der Waals surface area contributed by atoms with Crippen LogP contribution < -0.4 is 0 Å². The molecule has 4 nitrogen and oxygen atoms in total. The van der Waals surface area contributed by atoms with E-state index in [0.29, 0.717) is 13.1 Å². The van der Waals surface area contributed by atoms with Gasteiger partial charge in [-0.1, -0.05) is 6.92 Å². The van der Waals surface area contributed by atoms with E-state index >= 15 is 0 Å². The third-order valence-corrected chi connectivity index (χ3v) is 1.42. The number of carboxylic acid groups (broad SMARTS) is 1. The van der Waals surface area contributed by atoms with Gasteiger partial charge in [0.2, 0.25) is 0 Å². The van der Waals surface area contributed by atoms with E-state index in [2.05, 4.69) is 0 Å². The number of carboxylic acids is 1. The van der Waals surface area contributed by atoms with Crippen molar-refractivity contribution in [2.24, 2.45) is 0 Å². The maximum absolute atomic E-state index is 10.3. The molecule has 0 aliphatic carbocycles. The largest absolute Gasteiger partial charge is 0.480 e. The third-order valence-electron chi connectivity index (χ3n) is 1.42. The Hall–Kier alpha value is -0.610. The summed E-state index contributed by atoms with van der Waals surface area (Å²) in [6.45, 7) is 6.20. The van der Waals surface area contributed by atoms with Crippen LogP contribution in [0, 0.1) is 0 Å². The highest BCUT2D eigenvalue weighted by atomic mass is 16.4. The Morgan fingerprint density at radius 2 is 2.00 bits per heavy atom. The van der Waals surface area contributed by atoms with Crippen LogP contribution in [0.4, 0.5) is 0 Å². The zero-order chi connectivity index (χ0) is 9.78. The Bertz CT molecular complexity index is 151. The molecular formula is C8H17NO3. The van der Waals surface area contributed by atoms with Crippen LogP contribution in [0.15, 0.2) is 0 Å². The highest BCUT2D eigenvalue weighted by Crippen LogP contribution is 2.03. The lowest BCUT2D eigenvalue weighted by atomic mass is 10.1. The molecule has 0 aromatic heterocycles. The van der Waals surface area contributed by atoms with Crippen LogP contribution in [0.2, 0.25) is 0 Å². The summed E-state index contributed by atoms with van der Waals surface area (Å²) in [6.07, 6.45) is 0. The second-order valence-electron chi connectivity index (χ2n) is 3.51. The quantitative estimate of drug-likeness (QED) is 0.625. The number of aliphatic carboxylic acids is 1. The van der Waals surface area contributed by atoms with Crippen molar-refractivity contribution in [3.63, 3.8) is 0 Å². The summed E-state index contributed by atoms with van der Waals surface area (Å²) >= 11 is 0. The van der Waals surface area contributed by atoms with Crippen molar-refractivity contribution in [3.05, 3.63) is 0 Å². The standard InChI is InChI=1S/C8H17NO3/c1-4-9(5-7(10)11)6-8(2,3)12/h12H,4-6H2,1-3H3,(H,10,11). The van der Waals surface area contributed by atoms with E-state index in [1.807, 2.05) is 6.92 Å². The number of rotatable bonds is 5. The van der Waals surface area contributed by atoms with E-state index in [-0.39, 0.29) is 6.54 Å². The highest BCUT2D eigenvalue weighted by molar-refractivity contribution is 5.69. The van der Waals surface area contributed by atoms with E-state index in [9.17, 15) is 9.90 Å². The number of nitrogens with zero attached hydrogens (tertiary/aromatic N) is 1. The molecule has 0 bridgehead atoms. The average molecular weight is 175 g/mol. The van der Waals surface area contributed by atoms with Crippen LogP contribution in [0.3, 0.4) is 0 Å². The molecule has 0 spiro atoms. The molecule has 12 heavy (non-hydrogen) atoms. The summed E-state index contributed by atoms with van der Waals surface area (Å²) in [5, 5.41) is 17.9. The molecule has 0 saturated carbocycles. The lowest BCUT2D eigenvalue weighted by molar-refractivity contribution is -0.138. The molecule has 0 atom stereocenters.